The highest BCUT2D eigenvalue weighted by Gasteiger charge is 2.17. The monoisotopic (exact) mass is 362 g/mol. The van der Waals surface area contributed by atoms with E-state index >= 15 is 0 Å². The molecule has 27 heavy (non-hydrogen) atoms. The van der Waals surface area contributed by atoms with Gasteiger partial charge in [0.15, 0.2) is 0 Å². The van der Waals surface area contributed by atoms with E-state index < -0.39 is 23.1 Å². The lowest BCUT2D eigenvalue weighted by molar-refractivity contribution is 0.101. The topological polar surface area (TPSA) is 41.5 Å². The lowest BCUT2D eigenvalue weighted by Gasteiger charge is -2.11. The molecule has 3 aromatic carbocycles. The van der Waals surface area contributed by atoms with Crippen LogP contribution >= 0.6 is 0 Å². The summed E-state index contributed by atoms with van der Waals surface area (Å²) in [6.45, 7) is 2.76. The molecule has 5 heteroatoms. The zero-order chi connectivity index (χ0) is 19.0. The number of nitrogens with zero attached hydrogens (tertiary/aromatic N) is 1. The minimum atomic E-state index is -0.889. The third-order valence-corrected chi connectivity index (χ3v) is 4.62. The van der Waals surface area contributed by atoms with Gasteiger partial charge in [-0.3, -0.25) is 9.79 Å². The van der Waals surface area contributed by atoms with Gasteiger partial charge < -0.3 is 5.32 Å². The van der Waals surface area contributed by atoms with E-state index in [1.54, 1.807) is 12.1 Å². The highest BCUT2D eigenvalue weighted by Crippen LogP contribution is 2.29. The zero-order valence-corrected chi connectivity index (χ0v) is 14.6. The van der Waals surface area contributed by atoms with Crippen LogP contribution in [-0.4, -0.2) is 12.1 Å². The predicted octanol–water partition coefficient (Wildman–Crippen LogP) is 5.13. The Morgan fingerprint density at radius 1 is 1.04 bits per heavy atom. The SMILES string of the molecule is Cc1cc2c(cc1-c1ccc(NC(=O)c3c(F)cccc3F)cc1)C=NC2. The number of fused-ring (bicyclic) bond motifs is 1. The molecule has 0 unspecified atom stereocenters. The molecule has 0 aliphatic carbocycles. The summed E-state index contributed by atoms with van der Waals surface area (Å²) in [6.07, 6.45) is 1.87. The third kappa shape index (κ3) is 3.24. The fourth-order valence-corrected chi connectivity index (χ4v) is 3.24. The van der Waals surface area contributed by atoms with Gasteiger partial charge in [0.2, 0.25) is 0 Å². The largest absolute Gasteiger partial charge is 0.322 e. The van der Waals surface area contributed by atoms with E-state index in [2.05, 4.69) is 22.4 Å². The first-order valence-electron chi connectivity index (χ1n) is 8.52. The summed E-state index contributed by atoms with van der Waals surface area (Å²) in [5.41, 5.74) is 5.42. The van der Waals surface area contributed by atoms with Crippen molar-refractivity contribution in [2.24, 2.45) is 4.99 Å². The zero-order valence-electron chi connectivity index (χ0n) is 14.6. The molecule has 4 rings (SSSR count). The first-order chi connectivity index (χ1) is 13.0. The number of rotatable bonds is 3. The van der Waals surface area contributed by atoms with Crippen molar-refractivity contribution in [1.82, 2.24) is 0 Å². The van der Waals surface area contributed by atoms with Crippen molar-refractivity contribution in [1.29, 1.82) is 0 Å². The summed E-state index contributed by atoms with van der Waals surface area (Å²) >= 11 is 0. The van der Waals surface area contributed by atoms with Crippen LogP contribution < -0.4 is 5.32 Å². The second-order valence-electron chi connectivity index (χ2n) is 6.46. The van der Waals surface area contributed by atoms with Crippen LogP contribution in [0.2, 0.25) is 0 Å². The molecule has 3 aromatic rings. The smallest absolute Gasteiger partial charge is 0.261 e. The van der Waals surface area contributed by atoms with Crippen LogP contribution in [0.3, 0.4) is 0 Å². The number of aliphatic imine (C=N–C) groups is 1. The minimum Gasteiger partial charge on any atom is -0.322 e. The number of amides is 1. The molecular formula is C22H16F2N2O. The van der Waals surface area contributed by atoms with E-state index in [1.807, 2.05) is 25.3 Å². The highest BCUT2D eigenvalue weighted by molar-refractivity contribution is 6.04. The Morgan fingerprint density at radius 2 is 1.74 bits per heavy atom. The molecule has 0 radical (unpaired) electrons. The van der Waals surface area contributed by atoms with Crippen LogP contribution in [0.15, 0.2) is 59.6 Å². The van der Waals surface area contributed by atoms with Gasteiger partial charge in [-0.15, -0.1) is 0 Å². The molecule has 134 valence electrons. The number of halogens is 2. The molecule has 1 aliphatic rings. The van der Waals surface area contributed by atoms with Gasteiger partial charge in [-0.05, 0) is 65.1 Å². The Bertz CT molecular complexity index is 1050. The van der Waals surface area contributed by atoms with Crippen molar-refractivity contribution in [3.8, 4) is 11.1 Å². The molecule has 1 amide bonds. The van der Waals surface area contributed by atoms with Gasteiger partial charge in [-0.2, -0.15) is 0 Å². The summed E-state index contributed by atoms with van der Waals surface area (Å²) < 4.78 is 27.5. The van der Waals surface area contributed by atoms with Crippen molar-refractivity contribution in [3.63, 3.8) is 0 Å². The quantitative estimate of drug-likeness (QED) is 0.690. The van der Waals surface area contributed by atoms with E-state index in [0.717, 1.165) is 34.4 Å². The summed E-state index contributed by atoms with van der Waals surface area (Å²) in [7, 11) is 0. The molecule has 0 aromatic heterocycles. The van der Waals surface area contributed by atoms with Crippen LogP contribution in [-0.2, 0) is 6.54 Å². The van der Waals surface area contributed by atoms with Crippen molar-refractivity contribution in [2.45, 2.75) is 13.5 Å². The number of carbonyl (C=O) groups is 1. The lowest BCUT2D eigenvalue weighted by Crippen LogP contribution is -2.15. The van der Waals surface area contributed by atoms with E-state index in [4.69, 9.17) is 0 Å². The van der Waals surface area contributed by atoms with Gasteiger partial charge in [-0.25, -0.2) is 8.78 Å². The van der Waals surface area contributed by atoms with Gasteiger partial charge in [0.05, 0.1) is 6.54 Å². The number of aryl methyl sites for hydroxylation is 1. The summed E-state index contributed by atoms with van der Waals surface area (Å²) in [4.78, 5) is 16.5. The van der Waals surface area contributed by atoms with Crippen molar-refractivity contribution in [3.05, 3.63) is 88.5 Å². The number of hydrogen-bond acceptors (Lipinski definition) is 2. The molecule has 0 bridgehead atoms. The normalized spacial score (nSPS) is 12.1. The van der Waals surface area contributed by atoms with Crippen LogP contribution in [0, 0.1) is 18.6 Å². The summed E-state index contributed by atoms with van der Waals surface area (Å²) in [5, 5.41) is 2.53. The molecule has 0 saturated heterocycles. The Kier molecular flexibility index (Phi) is 4.28. The van der Waals surface area contributed by atoms with E-state index in [1.165, 1.54) is 11.6 Å². The first kappa shape index (κ1) is 17.1. The molecule has 0 atom stereocenters. The van der Waals surface area contributed by atoms with Crippen molar-refractivity contribution in [2.75, 3.05) is 5.32 Å². The molecule has 1 heterocycles. The number of nitrogens with one attached hydrogen (secondary N) is 1. The minimum absolute atomic E-state index is 0.465. The van der Waals surface area contributed by atoms with Gasteiger partial charge in [0, 0.05) is 11.9 Å². The lowest BCUT2D eigenvalue weighted by atomic mass is 9.95. The molecule has 0 fully saturated rings. The number of carbonyl (C=O) groups excluding carboxylic acids is 1. The fraction of sp³-hybridized carbons (Fsp3) is 0.0909. The summed E-state index contributed by atoms with van der Waals surface area (Å²) in [5.74, 6) is -2.60. The maximum Gasteiger partial charge on any atom is 0.261 e. The fourth-order valence-electron chi connectivity index (χ4n) is 3.24. The van der Waals surface area contributed by atoms with Crippen molar-refractivity contribution >= 4 is 17.8 Å². The Morgan fingerprint density at radius 3 is 2.44 bits per heavy atom. The third-order valence-electron chi connectivity index (χ3n) is 4.62. The Balaban J connectivity index is 1.58. The van der Waals surface area contributed by atoms with E-state index in [-0.39, 0.29) is 0 Å². The Labute approximate surface area is 155 Å². The van der Waals surface area contributed by atoms with Crippen LogP contribution in [0.1, 0.15) is 27.0 Å². The van der Waals surface area contributed by atoms with Crippen LogP contribution in [0.4, 0.5) is 14.5 Å². The van der Waals surface area contributed by atoms with Crippen molar-refractivity contribution < 1.29 is 13.6 Å². The average molecular weight is 362 g/mol. The standard InChI is InChI=1S/C22H16F2N2O/c1-13-9-15-11-25-12-16(15)10-18(13)14-5-7-17(8-6-14)26-22(27)21-19(23)3-2-4-20(21)24/h2-10,12H,11H2,1H3,(H,26,27). The molecule has 1 N–H and O–H groups in total. The van der Waals surface area contributed by atoms with Gasteiger partial charge in [0.1, 0.15) is 17.2 Å². The van der Waals surface area contributed by atoms with Crippen LogP contribution in [0.25, 0.3) is 11.1 Å². The molecule has 0 spiro atoms. The van der Waals surface area contributed by atoms with Gasteiger partial charge in [0.25, 0.3) is 5.91 Å². The van der Waals surface area contributed by atoms with Gasteiger partial charge >= 0.3 is 0 Å². The second kappa shape index (κ2) is 6.76. The van der Waals surface area contributed by atoms with Gasteiger partial charge in [-0.1, -0.05) is 24.3 Å². The maximum absolute atomic E-state index is 13.7. The average Bonchev–Trinajstić information content (AvgIpc) is 3.09. The first-order valence-corrected chi connectivity index (χ1v) is 8.52. The number of benzene rings is 3. The predicted molar refractivity (Wildman–Crippen MR) is 102 cm³/mol. The molecule has 1 aliphatic heterocycles. The summed E-state index contributed by atoms with van der Waals surface area (Å²) in [6, 6.07) is 14.7. The Hall–Kier alpha value is -3.34. The number of anilines is 1. The second-order valence-corrected chi connectivity index (χ2v) is 6.46. The van der Waals surface area contributed by atoms with E-state index in [9.17, 15) is 13.6 Å². The number of hydrogen-bond donors (Lipinski definition) is 1. The molecule has 3 nitrogen and oxygen atoms in total. The highest BCUT2D eigenvalue weighted by atomic mass is 19.1. The maximum atomic E-state index is 13.7. The molecule has 0 saturated carbocycles. The van der Waals surface area contributed by atoms with Crippen LogP contribution in [0.5, 0.6) is 0 Å². The molecular weight excluding hydrogens is 346 g/mol. The van der Waals surface area contributed by atoms with E-state index in [0.29, 0.717) is 12.2 Å².